The standard InChI is InChI=1S/C7H11NO4/c1-5(9)12-8-4-2-3-6(8)7(10)11/h6H,2-4H2,1H3,(H,10,11)/t6-/m0/s1. The predicted molar refractivity (Wildman–Crippen MR) is 39.1 cm³/mol. The minimum atomic E-state index is -0.936. The van der Waals surface area contributed by atoms with Gasteiger partial charge in [-0.25, -0.2) is 0 Å². The van der Waals surface area contributed by atoms with Crippen molar-refractivity contribution >= 4 is 11.9 Å². The molecule has 68 valence electrons. The van der Waals surface area contributed by atoms with Crippen LogP contribution in [-0.2, 0) is 14.4 Å². The van der Waals surface area contributed by atoms with E-state index in [0.29, 0.717) is 13.0 Å². The molecule has 1 saturated heterocycles. The van der Waals surface area contributed by atoms with E-state index >= 15 is 0 Å². The Labute approximate surface area is 69.9 Å². The number of hydrogen-bond acceptors (Lipinski definition) is 4. The van der Waals surface area contributed by atoms with E-state index in [1.54, 1.807) is 0 Å². The van der Waals surface area contributed by atoms with Gasteiger partial charge in [-0.05, 0) is 12.8 Å². The molecule has 1 fully saturated rings. The summed E-state index contributed by atoms with van der Waals surface area (Å²) in [5.41, 5.74) is 0. The van der Waals surface area contributed by atoms with Crippen LogP contribution in [0.5, 0.6) is 0 Å². The van der Waals surface area contributed by atoms with E-state index in [1.165, 1.54) is 12.0 Å². The van der Waals surface area contributed by atoms with Crippen molar-refractivity contribution in [2.24, 2.45) is 0 Å². The van der Waals surface area contributed by atoms with Crippen molar-refractivity contribution in [3.8, 4) is 0 Å². The van der Waals surface area contributed by atoms with Gasteiger partial charge in [0, 0.05) is 13.5 Å². The average molecular weight is 173 g/mol. The monoisotopic (exact) mass is 173 g/mol. The highest BCUT2D eigenvalue weighted by Crippen LogP contribution is 2.17. The Morgan fingerprint density at radius 1 is 1.58 bits per heavy atom. The molecule has 0 aromatic heterocycles. The van der Waals surface area contributed by atoms with Crippen molar-refractivity contribution in [3.05, 3.63) is 0 Å². The van der Waals surface area contributed by atoms with E-state index in [1.807, 2.05) is 0 Å². The van der Waals surface area contributed by atoms with Crippen molar-refractivity contribution in [1.29, 1.82) is 0 Å². The van der Waals surface area contributed by atoms with E-state index in [4.69, 9.17) is 9.94 Å². The number of hydroxylamine groups is 2. The van der Waals surface area contributed by atoms with E-state index < -0.39 is 18.0 Å². The molecule has 5 nitrogen and oxygen atoms in total. The van der Waals surface area contributed by atoms with E-state index in [9.17, 15) is 9.59 Å². The van der Waals surface area contributed by atoms with Gasteiger partial charge in [0.25, 0.3) is 0 Å². The highest BCUT2D eigenvalue weighted by atomic mass is 16.7. The topological polar surface area (TPSA) is 66.8 Å². The Hall–Kier alpha value is -1.10. The lowest BCUT2D eigenvalue weighted by Gasteiger charge is -2.18. The molecular weight excluding hydrogens is 162 g/mol. The van der Waals surface area contributed by atoms with E-state index in [2.05, 4.69) is 0 Å². The smallest absolute Gasteiger partial charge is 0.324 e. The fourth-order valence-corrected chi connectivity index (χ4v) is 1.26. The minimum absolute atomic E-state index is 0.469. The van der Waals surface area contributed by atoms with Gasteiger partial charge < -0.3 is 9.94 Å². The summed E-state index contributed by atoms with van der Waals surface area (Å²) in [5.74, 6) is -1.41. The molecule has 0 saturated carbocycles. The zero-order valence-corrected chi connectivity index (χ0v) is 6.82. The molecule has 1 heterocycles. The van der Waals surface area contributed by atoms with Gasteiger partial charge in [0.05, 0.1) is 0 Å². The van der Waals surface area contributed by atoms with Gasteiger partial charge in [-0.2, -0.15) is 0 Å². The molecule has 0 radical (unpaired) electrons. The summed E-state index contributed by atoms with van der Waals surface area (Å²) >= 11 is 0. The zero-order valence-electron chi connectivity index (χ0n) is 6.82. The molecule has 0 aromatic carbocycles. The molecular formula is C7H11NO4. The third kappa shape index (κ3) is 1.94. The first-order valence-corrected chi connectivity index (χ1v) is 3.79. The molecule has 1 rings (SSSR count). The normalized spacial score (nSPS) is 23.9. The van der Waals surface area contributed by atoms with Gasteiger partial charge in [0.2, 0.25) is 0 Å². The third-order valence-corrected chi connectivity index (χ3v) is 1.73. The van der Waals surface area contributed by atoms with Crippen LogP contribution in [0.4, 0.5) is 0 Å². The summed E-state index contributed by atoms with van der Waals surface area (Å²) in [7, 11) is 0. The molecule has 1 atom stereocenters. The van der Waals surface area contributed by atoms with Crippen molar-refractivity contribution in [1.82, 2.24) is 5.06 Å². The number of rotatable bonds is 2. The molecule has 1 N–H and O–H groups in total. The summed E-state index contributed by atoms with van der Waals surface area (Å²) in [4.78, 5) is 25.8. The summed E-state index contributed by atoms with van der Waals surface area (Å²) in [6, 6.07) is -0.658. The molecule has 0 unspecified atom stereocenters. The van der Waals surface area contributed by atoms with Crippen LogP contribution in [0.2, 0.25) is 0 Å². The first-order valence-electron chi connectivity index (χ1n) is 3.79. The second-order valence-corrected chi connectivity index (χ2v) is 2.72. The largest absolute Gasteiger partial charge is 0.480 e. The van der Waals surface area contributed by atoms with Gasteiger partial charge in [0.15, 0.2) is 0 Å². The maximum atomic E-state index is 10.6. The second kappa shape index (κ2) is 3.53. The van der Waals surface area contributed by atoms with E-state index in [0.717, 1.165) is 6.42 Å². The van der Waals surface area contributed by atoms with Crippen molar-refractivity contribution in [2.45, 2.75) is 25.8 Å². The molecule has 0 aliphatic carbocycles. The molecule has 1 aliphatic rings. The van der Waals surface area contributed by atoms with Crippen LogP contribution in [0.15, 0.2) is 0 Å². The lowest BCUT2D eigenvalue weighted by atomic mass is 10.2. The Morgan fingerprint density at radius 3 is 2.75 bits per heavy atom. The van der Waals surface area contributed by atoms with Crippen molar-refractivity contribution < 1.29 is 19.5 Å². The predicted octanol–water partition coefficient (Wildman–Crippen LogP) is 0.0135. The van der Waals surface area contributed by atoms with E-state index in [-0.39, 0.29) is 0 Å². The quantitative estimate of drug-likeness (QED) is 0.637. The zero-order chi connectivity index (χ0) is 9.14. The number of nitrogens with zero attached hydrogens (tertiary/aromatic N) is 1. The third-order valence-electron chi connectivity index (χ3n) is 1.73. The van der Waals surface area contributed by atoms with Crippen LogP contribution in [0, 0.1) is 0 Å². The lowest BCUT2D eigenvalue weighted by Crippen LogP contribution is -2.37. The first kappa shape index (κ1) is 8.99. The molecule has 5 heteroatoms. The fraction of sp³-hybridized carbons (Fsp3) is 0.714. The number of aliphatic carboxylic acids is 1. The van der Waals surface area contributed by atoms with Gasteiger partial charge in [-0.1, -0.05) is 0 Å². The maximum absolute atomic E-state index is 10.6. The maximum Gasteiger partial charge on any atom is 0.324 e. The number of carbonyl (C=O) groups is 2. The van der Waals surface area contributed by atoms with Gasteiger partial charge in [-0.3, -0.25) is 9.59 Å². The number of carboxylic acid groups (broad SMARTS) is 1. The number of hydrogen-bond donors (Lipinski definition) is 1. The Bertz CT molecular complexity index is 204. The van der Waals surface area contributed by atoms with Gasteiger partial charge in [0.1, 0.15) is 6.04 Å². The van der Waals surface area contributed by atoms with Crippen molar-refractivity contribution in [2.75, 3.05) is 6.54 Å². The number of carbonyl (C=O) groups excluding carboxylic acids is 1. The van der Waals surface area contributed by atoms with Gasteiger partial charge >= 0.3 is 11.9 Å². The summed E-state index contributed by atoms with van der Waals surface area (Å²) in [6.07, 6.45) is 1.30. The molecule has 0 amide bonds. The second-order valence-electron chi connectivity index (χ2n) is 2.72. The van der Waals surface area contributed by atoms with Crippen LogP contribution < -0.4 is 0 Å². The Kier molecular flexibility index (Phi) is 2.65. The van der Waals surface area contributed by atoms with Crippen LogP contribution in [-0.4, -0.2) is 34.7 Å². The average Bonchev–Trinajstić information content (AvgIpc) is 2.33. The van der Waals surface area contributed by atoms with Crippen LogP contribution >= 0.6 is 0 Å². The molecule has 0 spiro atoms. The van der Waals surface area contributed by atoms with Crippen molar-refractivity contribution in [3.63, 3.8) is 0 Å². The summed E-state index contributed by atoms with van der Waals surface area (Å²) in [6.45, 7) is 1.77. The van der Waals surface area contributed by atoms with Crippen LogP contribution in [0.1, 0.15) is 19.8 Å². The van der Waals surface area contributed by atoms with Crippen LogP contribution in [0.25, 0.3) is 0 Å². The minimum Gasteiger partial charge on any atom is -0.480 e. The highest BCUT2D eigenvalue weighted by molar-refractivity contribution is 5.74. The lowest BCUT2D eigenvalue weighted by molar-refractivity contribution is -0.196. The fourth-order valence-electron chi connectivity index (χ4n) is 1.26. The number of carboxylic acids is 1. The first-order chi connectivity index (χ1) is 5.61. The Balaban J connectivity index is 2.52. The summed E-state index contributed by atoms with van der Waals surface area (Å²) < 4.78 is 0. The molecule has 12 heavy (non-hydrogen) atoms. The highest BCUT2D eigenvalue weighted by Gasteiger charge is 2.32. The SMILES string of the molecule is CC(=O)ON1CCC[C@H]1C(=O)O. The molecule has 0 bridgehead atoms. The molecule has 0 aromatic rings. The van der Waals surface area contributed by atoms with Gasteiger partial charge in [-0.15, -0.1) is 5.06 Å². The van der Waals surface area contributed by atoms with Crippen LogP contribution in [0.3, 0.4) is 0 Å². The summed E-state index contributed by atoms with van der Waals surface area (Å²) in [5, 5.41) is 9.89. The Morgan fingerprint density at radius 2 is 2.25 bits per heavy atom. The molecule has 1 aliphatic heterocycles.